The summed E-state index contributed by atoms with van der Waals surface area (Å²) in [6.07, 6.45) is 4.62. The van der Waals surface area contributed by atoms with Gasteiger partial charge in [0, 0.05) is 30.9 Å². The van der Waals surface area contributed by atoms with Gasteiger partial charge in [0.1, 0.15) is 12.4 Å². The number of fused-ring (bicyclic) bond motifs is 1. The Kier molecular flexibility index (Phi) is 4.88. The third-order valence-corrected chi connectivity index (χ3v) is 4.48. The first-order chi connectivity index (χ1) is 11.6. The van der Waals surface area contributed by atoms with Crippen LogP contribution in [-0.2, 0) is 17.8 Å². The first-order valence-corrected chi connectivity index (χ1v) is 8.61. The lowest BCUT2D eigenvalue weighted by Crippen LogP contribution is -2.40. The Balaban J connectivity index is 1.68. The Morgan fingerprint density at radius 1 is 1.42 bits per heavy atom. The molecule has 0 unspecified atom stereocenters. The number of nitrogens with zero attached hydrogens (tertiary/aromatic N) is 3. The fourth-order valence-electron chi connectivity index (χ4n) is 3.05. The standard InChI is InChI=1S/C19H25N3O2/c1-4-21(11-15-10-20-22(12-15)14(2)3)19(23)17-9-16-7-5-6-8-18(16)24-13-17/h5-8,10,12,14,17H,4,9,11,13H2,1-3H3/t17-/m1/s1. The van der Waals surface area contributed by atoms with Gasteiger partial charge in [-0.05, 0) is 38.8 Å². The number of ether oxygens (including phenoxy) is 1. The fraction of sp³-hybridized carbons (Fsp3) is 0.474. The summed E-state index contributed by atoms with van der Waals surface area (Å²) < 4.78 is 7.70. The van der Waals surface area contributed by atoms with Gasteiger partial charge < -0.3 is 9.64 Å². The van der Waals surface area contributed by atoms with E-state index in [1.807, 2.05) is 53.2 Å². The number of rotatable bonds is 5. The quantitative estimate of drug-likeness (QED) is 0.848. The molecule has 0 saturated carbocycles. The zero-order valence-corrected chi connectivity index (χ0v) is 14.6. The molecule has 0 radical (unpaired) electrons. The van der Waals surface area contributed by atoms with Gasteiger partial charge in [-0.3, -0.25) is 9.48 Å². The van der Waals surface area contributed by atoms with Crippen molar-refractivity contribution >= 4 is 5.91 Å². The van der Waals surface area contributed by atoms with Crippen molar-refractivity contribution in [2.45, 2.75) is 39.8 Å². The molecule has 5 nitrogen and oxygen atoms in total. The Hall–Kier alpha value is -2.30. The van der Waals surface area contributed by atoms with E-state index in [9.17, 15) is 4.79 Å². The van der Waals surface area contributed by atoms with E-state index in [-0.39, 0.29) is 11.8 Å². The molecule has 1 atom stereocenters. The minimum Gasteiger partial charge on any atom is -0.492 e. The summed E-state index contributed by atoms with van der Waals surface area (Å²) >= 11 is 0. The molecule has 0 N–H and O–H groups in total. The smallest absolute Gasteiger partial charge is 0.229 e. The van der Waals surface area contributed by atoms with E-state index >= 15 is 0 Å². The maximum absolute atomic E-state index is 12.9. The summed E-state index contributed by atoms with van der Waals surface area (Å²) in [6, 6.07) is 8.29. The molecule has 0 spiro atoms. The average molecular weight is 327 g/mol. The van der Waals surface area contributed by atoms with Gasteiger partial charge in [-0.2, -0.15) is 5.10 Å². The first kappa shape index (κ1) is 16.6. The van der Waals surface area contributed by atoms with Gasteiger partial charge in [0.15, 0.2) is 0 Å². The van der Waals surface area contributed by atoms with Crippen molar-refractivity contribution in [3.05, 3.63) is 47.8 Å². The lowest BCUT2D eigenvalue weighted by molar-refractivity contribution is -0.137. The lowest BCUT2D eigenvalue weighted by atomic mass is 9.95. The number of carbonyl (C=O) groups excluding carboxylic acids is 1. The summed E-state index contributed by atoms with van der Waals surface area (Å²) in [4.78, 5) is 14.8. The SMILES string of the molecule is CCN(Cc1cnn(C(C)C)c1)C(=O)[C@H]1COc2ccccc2C1. The van der Waals surface area contributed by atoms with Crippen LogP contribution in [0.15, 0.2) is 36.7 Å². The zero-order chi connectivity index (χ0) is 17.1. The summed E-state index contributed by atoms with van der Waals surface area (Å²) in [6.45, 7) is 7.94. The van der Waals surface area contributed by atoms with Crippen LogP contribution in [0.3, 0.4) is 0 Å². The minimum atomic E-state index is -0.111. The lowest BCUT2D eigenvalue weighted by Gasteiger charge is -2.29. The molecule has 0 aliphatic carbocycles. The topological polar surface area (TPSA) is 47.4 Å². The zero-order valence-electron chi connectivity index (χ0n) is 14.6. The van der Waals surface area contributed by atoms with Crippen LogP contribution in [0.5, 0.6) is 5.75 Å². The summed E-state index contributed by atoms with van der Waals surface area (Å²) in [5.41, 5.74) is 2.18. The van der Waals surface area contributed by atoms with Crippen molar-refractivity contribution in [2.24, 2.45) is 5.92 Å². The van der Waals surface area contributed by atoms with E-state index in [1.54, 1.807) is 0 Å². The largest absolute Gasteiger partial charge is 0.492 e. The van der Waals surface area contributed by atoms with E-state index in [0.717, 1.165) is 23.3 Å². The van der Waals surface area contributed by atoms with Crippen molar-refractivity contribution < 1.29 is 9.53 Å². The predicted molar refractivity (Wildman–Crippen MR) is 92.8 cm³/mol. The molecule has 0 saturated heterocycles. The highest BCUT2D eigenvalue weighted by atomic mass is 16.5. The van der Waals surface area contributed by atoms with Crippen molar-refractivity contribution in [1.82, 2.24) is 14.7 Å². The van der Waals surface area contributed by atoms with Crippen molar-refractivity contribution in [1.29, 1.82) is 0 Å². The third kappa shape index (κ3) is 3.45. The van der Waals surface area contributed by atoms with E-state index in [1.165, 1.54) is 0 Å². The maximum Gasteiger partial charge on any atom is 0.229 e. The molecule has 2 heterocycles. The Morgan fingerprint density at radius 2 is 2.21 bits per heavy atom. The van der Waals surface area contributed by atoms with E-state index < -0.39 is 0 Å². The minimum absolute atomic E-state index is 0.111. The molecule has 1 amide bonds. The van der Waals surface area contributed by atoms with Gasteiger partial charge in [0.25, 0.3) is 0 Å². The van der Waals surface area contributed by atoms with Crippen LogP contribution in [0, 0.1) is 5.92 Å². The predicted octanol–water partition coefficient (Wildman–Crippen LogP) is 3.06. The van der Waals surface area contributed by atoms with Crippen LogP contribution >= 0.6 is 0 Å². The molecular weight excluding hydrogens is 302 g/mol. The normalized spacial score (nSPS) is 16.6. The van der Waals surface area contributed by atoms with Gasteiger partial charge >= 0.3 is 0 Å². The van der Waals surface area contributed by atoms with Crippen molar-refractivity contribution in [2.75, 3.05) is 13.2 Å². The number of aromatic nitrogens is 2. The first-order valence-electron chi connectivity index (χ1n) is 8.61. The second-order valence-corrected chi connectivity index (χ2v) is 6.59. The molecule has 2 aromatic rings. The molecule has 0 bridgehead atoms. The third-order valence-electron chi connectivity index (χ3n) is 4.48. The van der Waals surface area contributed by atoms with Gasteiger partial charge in [-0.15, -0.1) is 0 Å². The molecule has 1 aliphatic heterocycles. The van der Waals surface area contributed by atoms with Gasteiger partial charge in [-0.25, -0.2) is 0 Å². The monoisotopic (exact) mass is 327 g/mol. The van der Waals surface area contributed by atoms with Gasteiger partial charge in [-0.1, -0.05) is 18.2 Å². The van der Waals surface area contributed by atoms with E-state index in [2.05, 4.69) is 18.9 Å². The molecule has 3 rings (SSSR count). The van der Waals surface area contributed by atoms with Crippen molar-refractivity contribution in [3.63, 3.8) is 0 Å². The van der Waals surface area contributed by atoms with E-state index in [4.69, 9.17) is 4.74 Å². The highest BCUT2D eigenvalue weighted by Crippen LogP contribution is 2.28. The molecule has 1 aliphatic rings. The molecule has 1 aromatic carbocycles. The average Bonchev–Trinajstić information content (AvgIpc) is 3.07. The second-order valence-electron chi connectivity index (χ2n) is 6.59. The molecule has 24 heavy (non-hydrogen) atoms. The maximum atomic E-state index is 12.9. The molecule has 0 fully saturated rings. The Labute approximate surface area is 143 Å². The number of benzene rings is 1. The highest BCUT2D eigenvalue weighted by molar-refractivity contribution is 5.79. The van der Waals surface area contributed by atoms with Crippen molar-refractivity contribution in [3.8, 4) is 5.75 Å². The second kappa shape index (κ2) is 7.07. The number of carbonyl (C=O) groups is 1. The number of para-hydroxylation sites is 1. The highest BCUT2D eigenvalue weighted by Gasteiger charge is 2.29. The summed E-state index contributed by atoms with van der Waals surface area (Å²) in [5, 5.41) is 4.36. The van der Waals surface area contributed by atoms with Crippen LogP contribution in [0.25, 0.3) is 0 Å². The van der Waals surface area contributed by atoms with Crippen LogP contribution in [0.4, 0.5) is 0 Å². The molecular formula is C19H25N3O2. The number of amides is 1. The van der Waals surface area contributed by atoms with E-state index in [0.29, 0.717) is 25.7 Å². The Morgan fingerprint density at radius 3 is 2.92 bits per heavy atom. The summed E-state index contributed by atoms with van der Waals surface area (Å²) in [7, 11) is 0. The van der Waals surface area contributed by atoms with Gasteiger partial charge in [0.05, 0.1) is 12.1 Å². The summed E-state index contributed by atoms with van der Waals surface area (Å²) in [5.74, 6) is 0.951. The fourth-order valence-corrected chi connectivity index (χ4v) is 3.05. The molecule has 128 valence electrons. The van der Waals surface area contributed by atoms with Crippen LogP contribution in [-0.4, -0.2) is 33.7 Å². The molecule has 5 heteroatoms. The van der Waals surface area contributed by atoms with Crippen LogP contribution in [0.2, 0.25) is 0 Å². The van der Waals surface area contributed by atoms with Crippen LogP contribution in [0.1, 0.15) is 37.9 Å². The van der Waals surface area contributed by atoms with Gasteiger partial charge in [0.2, 0.25) is 5.91 Å². The van der Waals surface area contributed by atoms with Crippen LogP contribution < -0.4 is 4.74 Å². The number of hydrogen-bond donors (Lipinski definition) is 0. The molecule has 1 aromatic heterocycles. The number of hydrogen-bond acceptors (Lipinski definition) is 3. The Bertz CT molecular complexity index is 708.